The third kappa shape index (κ3) is 3.95. The van der Waals surface area contributed by atoms with Gasteiger partial charge in [-0.3, -0.25) is 9.36 Å². The summed E-state index contributed by atoms with van der Waals surface area (Å²) in [5.74, 6) is 1.34. The Morgan fingerprint density at radius 1 is 1.23 bits per heavy atom. The number of nitrogens with zero attached hydrogens (tertiary/aromatic N) is 4. The minimum Gasteiger partial charge on any atom is -0.276 e. The standard InChI is InChI=1S/C23H23ClN4OS2/c1-15(24)12-14-30-23-26-25-22-27(13-11-16-7-3-2-4-8-16)20(29)19-17-9-5-6-10-18(17)31-21(19)28(22)23/h2-4,7-8,12H,5-6,9-11,13-14H2,1H3/b15-12+. The van der Waals surface area contributed by atoms with Gasteiger partial charge in [0.1, 0.15) is 4.83 Å². The second-order valence-corrected chi connectivity index (χ2v) is 10.5. The molecule has 1 aliphatic rings. The number of thioether (sulfide) groups is 1. The van der Waals surface area contributed by atoms with Crippen LogP contribution in [0.4, 0.5) is 0 Å². The van der Waals surface area contributed by atoms with Gasteiger partial charge in [-0.15, -0.1) is 21.5 Å². The molecule has 0 saturated carbocycles. The Morgan fingerprint density at radius 3 is 2.84 bits per heavy atom. The number of hydrogen-bond donors (Lipinski definition) is 0. The first-order valence-electron chi connectivity index (χ1n) is 10.5. The Hall–Kier alpha value is -2.09. The average Bonchev–Trinajstić information content (AvgIpc) is 3.36. The van der Waals surface area contributed by atoms with E-state index >= 15 is 0 Å². The summed E-state index contributed by atoms with van der Waals surface area (Å²) in [5, 5.41) is 11.3. The fourth-order valence-electron chi connectivity index (χ4n) is 4.18. The molecule has 4 aromatic rings. The molecule has 31 heavy (non-hydrogen) atoms. The first-order valence-corrected chi connectivity index (χ1v) is 12.7. The summed E-state index contributed by atoms with van der Waals surface area (Å²) in [7, 11) is 0. The highest BCUT2D eigenvalue weighted by Crippen LogP contribution is 2.36. The van der Waals surface area contributed by atoms with Crippen LogP contribution in [0, 0.1) is 0 Å². The van der Waals surface area contributed by atoms with E-state index in [1.807, 2.05) is 35.8 Å². The monoisotopic (exact) mass is 470 g/mol. The molecule has 3 aromatic heterocycles. The highest BCUT2D eigenvalue weighted by molar-refractivity contribution is 7.99. The molecule has 3 heterocycles. The molecule has 1 aliphatic carbocycles. The summed E-state index contributed by atoms with van der Waals surface area (Å²) in [4.78, 5) is 16.0. The number of allylic oxidation sites excluding steroid dienone is 1. The van der Waals surface area contributed by atoms with Crippen molar-refractivity contribution in [2.45, 2.75) is 50.7 Å². The lowest BCUT2D eigenvalue weighted by molar-refractivity contribution is 0.673. The SMILES string of the molecule is C/C(Cl)=C\CSc1nnc2n(CCc3ccccc3)c(=O)c3c4c(sc3n12)CCCC4. The maximum absolute atomic E-state index is 13.7. The lowest BCUT2D eigenvalue weighted by Crippen LogP contribution is -2.24. The van der Waals surface area contributed by atoms with Crippen molar-refractivity contribution >= 4 is 50.7 Å². The summed E-state index contributed by atoms with van der Waals surface area (Å²) < 4.78 is 3.91. The van der Waals surface area contributed by atoms with Crippen LogP contribution < -0.4 is 5.56 Å². The molecule has 0 unspecified atom stereocenters. The third-order valence-electron chi connectivity index (χ3n) is 5.72. The molecule has 0 saturated heterocycles. The van der Waals surface area contributed by atoms with Crippen molar-refractivity contribution in [3.63, 3.8) is 0 Å². The van der Waals surface area contributed by atoms with Crippen molar-refractivity contribution in [3.8, 4) is 0 Å². The number of hydrogen-bond acceptors (Lipinski definition) is 5. The third-order valence-corrected chi connectivity index (χ3v) is 8.00. The van der Waals surface area contributed by atoms with Gasteiger partial charge in [0.25, 0.3) is 5.56 Å². The van der Waals surface area contributed by atoms with E-state index < -0.39 is 0 Å². The number of thiophene rings is 1. The van der Waals surface area contributed by atoms with Crippen LogP contribution in [0.2, 0.25) is 0 Å². The summed E-state index contributed by atoms with van der Waals surface area (Å²) >= 11 is 9.34. The van der Waals surface area contributed by atoms with E-state index in [2.05, 4.69) is 26.7 Å². The van der Waals surface area contributed by atoms with Gasteiger partial charge < -0.3 is 0 Å². The predicted molar refractivity (Wildman–Crippen MR) is 130 cm³/mol. The van der Waals surface area contributed by atoms with Crippen molar-refractivity contribution in [1.82, 2.24) is 19.2 Å². The van der Waals surface area contributed by atoms with E-state index in [4.69, 9.17) is 11.6 Å². The van der Waals surface area contributed by atoms with Crippen molar-refractivity contribution in [2.75, 3.05) is 5.75 Å². The van der Waals surface area contributed by atoms with Crippen LogP contribution in [0.1, 0.15) is 35.8 Å². The van der Waals surface area contributed by atoms with Crippen LogP contribution in [-0.4, -0.2) is 24.9 Å². The molecule has 0 atom stereocenters. The molecule has 160 valence electrons. The zero-order valence-electron chi connectivity index (χ0n) is 17.3. The first kappa shape index (κ1) is 20.8. The van der Waals surface area contributed by atoms with E-state index in [1.165, 1.54) is 22.4 Å². The number of fused-ring (bicyclic) bond motifs is 5. The molecule has 8 heteroatoms. The summed E-state index contributed by atoms with van der Waals surface area (Å²) in [5.41, 5.74) is 2.52. The smallest absolute Gasteiger partial charge is 0.263 e. The van der Waals surface area contributed by atoms with Gasteiger partial charge in [0.05, 0.1) is 5.39 Å². The molecule has 0 spiro atoms. The van der Waals surface area contributed by atoms with Crippen LogP contribution >= 0.6 is 34.7 Å². The van der Waals surface area contributed by atoms with Gasteiger partial charge in [-0.25, -0.2) is 4.40 Å². The summed E-state index contributed by atoms with van der Waals surface area (Å²) in [6.07, 6.45) is 7.11. The largest absolute Gasteiger partial charge is 0.276 e. The van der Waals surface area contributed by atoms with Gasteiger partial charge >= 0.3 is 0 Å². The molecular formula is C23H23ClN4OS2. The van der Waals surface area contributed by atoms with E-state index in [0.29, 0.717) is 18.1 Å². The van der Waals surface area contributed by atoms with Crippen LogP contribution in [0.25, 0.3) is 16.0 Å². The number of halogens is 1. The van der Waals surface area contributed by atoms with Crippen LogP contribution in [-0.2, 0) is 25.8 Å². The molecule has 5 nitrogen and oxygen atoms in total. The molecule has 1 aromatic carbocycles. The zero-order valence-corrected chi connectivity index (χ0v) is 19.7. The van der Waals surface area contributed by atoms with Crippen LogP contribution in [0.5, 0.6) is 0 Å². The van der Waals surface area contributed by atoms with E-state index in [0.717, 1.165) is 46.1 Å². The normalized spacial score (nSPS) is 14.5. The number of aromatic nitrogens is 4. The summed E-state index contributed by atoms with van der Waals surface area (Å²) in [6.45, 7) is 2.45. The molecular weight excluding hydrogens is 448 g/mol. The fraction of sp³-hybridized carbons (Fsp3) is 0.348. The number of rotatable bonds is 6. The zero-order chi connectivity index (χ0) is 21.4. The van der Waals surface area contributed by atoms with E-state index in [1.54, 1.807) is 23.1 Å². The van der Waals surface area contributed by atoms with Crippen molar-refractivity contribution in [3.05, 3.63) is 67.8 Å². The van der Waals surface area contributed by atoms with E-state index in [-0.39, 0.29) is 5.56 Å². The Labute approximate surface area is 193 Å². The number of benzene rings is 1. The predicted octanol–water partition coefficient (Wildman–Crippen LogP) is 5.46. The van der Waals surface area contributed by atoms with Crippen LogP contribution in [0.3, 0.4) is 0 Å². The Bertz CT molecular complexity index is 1330. The van der Waals surface area contributed by atoms with Crippen molar-refractivity contribution in [2.24, 2.45) is 0 Å². The molecule has 5 rings (SSSR count). The highest BCUT2D eigenvalue weighted by Gasteiger charge is 2.24. The molecule has 0 radical (unpaired) electrons. The molecule has 0 bridgehead atoms. The van der Waals surface area contributed by atoms with Gasteiger partial charge in [-0.1, -0.05) is 59.8 Å². The van der Waals surface area contributed by atoms with Crippen LogP contribution in [0.15, 0.2) is 51.4 Å². The topological polar surface area (TPSA) is 52.2 Å². The quantitative estimate of drug-likeness (QED) is 0.351. The Morgan fingerprint density at radius 2 is 2.03 bits per heavy atom. The highest BCUT2D eigenvalue weighted by atomic mass is 35.5. The number of aryl methyl sites for hydroxylation is 4. The maximum Gasteiger partial charge on any atom is 0.263 e. The lowest BCUT2D eigenvalue weighted by Gasteiger charge is -2.12. The molecule has 0 aliphatic heterocycles. The summed E-state index contributed by atoms with van der Waals surface area (Å²) in [6, 6.07) is 10.3. The van der Waals surface area contributed by atoms with Crippen molar-refractivity contribution in [1.29, 1.82) is 0 Å². The Balaban J connectivity index is 1.67. The van der Waals surface area contributed by atoms with E-state index in [9.17, 15) is 4.79 Å². The molecule has 0 amide bonds. The lowest BCUT2D eigenvalue weighted by atomic mass is 9.97. The minimum absolute atomic E-state index is 0.0679. The molecule has 0 N–H and O–H groups in total. The second-order valence-electron chi connectivity index (χ2n) is 7.80. The minimum atomic E-state index is 0.0679. The Kier molecular flexibility index (Phi) is 5.91. The van der Waals surface area contributed by atoms with Gasteiger partial charge in [0, 0.05) is 22.2 Å². The maximum atomic E-state index is 13.7. The second kappa shape index (κ2) is 8.81. The first-order chi connectivity index (χ1) is 15.1. The van der Waals surface area contributed by atoms with Gasteiger partial charge in [-0.2, -0.15) is 0 Å². The van der Waals surface area contributed by atoms with Gasteiger partial charge in [-0.05, 0) is 50.2 Å². The fourth-order valence-corrected chi connectivity index (χ4v) is 6.67. The molecule has 0 fully saturated rings. The van der Waals surface area contributed by atoms with Gasteiger partial charge in [0.15, 0.2) is 5.16 Å². The van der Waals surface area contributed by atoms with Crippen molar-refractivity contribution < 1.29 is 0 Å². The average molecular weight is 471 g/mol. The van der Waals surface area contributed by atoms with Gasteiger partial charge in [0.2, 0.25) is 5.78 Å².